The van der Waals surface area contributed by atoms with Crippen LogP contribution >= 0.6 is 11.3 Å². The number of rotatable bonds is 7. The third-order valence-corrected chi connectivity index (χ3v) is 7.15. The normalized spacial score (nSPS) is 14.4. The molecule has 0 amide bonds. The second kappa shape index (κ2) is 8.29. The Morgan fingerprint density at radius 1 is 1.11 bits per heavy atom. The minimum absolute atomic E-state index is 0.460. The summed E-state index contributed by atoms with van der Waals surface area (Å²) in [6.07, 6.45) is 6.57. The van der Waals surface area contributed by atoms with Gasteiger partial charge in [0.2, 0.25) is 0 Å². The zero-order valence-electron chi connectivity index (χ0n) is 17.6. The molecule has 0 unspecified atom stereocenters. The van der Waals surface area contributed by atoms with Crippen molar-refractivity contribution in [3.05, 3.63) is 23.1 Å². The zero-order chi connectivity index (χ0) is 19.7. The molecule has 5 nitrogen and oxygen atoms in total. The number of likely N-dealkylation sites (N-methyl/N-ethyl adjacent to an activating group) is 1. The van der Waals surface area contributed by atoms with Crippen molar-refractivity contribution in [2.24, 2.45) is 0 Å². The molecule has 0 radical (unpaired) electrons. The van der Waals surface area contributed by atoms with Gasteiger partial charge in [-0.1, -0.05) is 13.8 Å². The zero-order valence-corrected chi connectivity index (χ0v) is 18.4. The van der Waals surface area contributed by atoms with Crippen LogP contribution in [0.5, 0.6) is 0 Å². The quantitative estimate of drug-likeness (QED) is 0.639. The minimum atomic E-state index is 0.460. The van der Waals surface area contributed by atoms with Gasteiger partial charge in [0.25, 0.3) is 0 Å². The van der Waals surface area contributed by atoms with E-state index in [1.165, 1.54) is 35.0 Å². The Kier molecular flexibility index (Phi) is 5.78. The van der Waals surface area contributed by atoms with Crippen LogP contribution < -0.4 is 10.2 Å². The molecule has 0 atom stereocenters. The van der Waals surface area contributed by atoms with Gasteiger partial charge in [-0.3, -0.25) is 0 Å². The predicted octanol–water partition coefficient (Wildman–Crippen LogP) is 3.58. The van der Waals surface area contributed by atoms with E-state index in [0.717, 1.165) is 59.9 Å². The van der Waals surface area contributed by atoms with Crippen molar-refractivity contribution in [2.75, 3.05) is 31.5 Å². The Balaban J connectivity index is 1.78. The number of aromatic nitrogens is 3. The number of pyridine rings is 1. The van der Waals surface area contributed by atoms with Crippen molar-refractivity contribution in [1.82, 2.24) is 15.0 Å². The van der Waals surface area contributed by atoms with E-state index >= 15 is 0 Å². The van der Waals surface area contributed by atoms with E-state index in [0.29, 0.717) is 5.92 Å². The Bertz CT molecular complexity index is 974. The molecule has 0 spiro atoms. The molecule has 0 bridgehead atoms. The second-order valence-corrected chi connectivity index (χ2v) is 9.13. The predicted molar refractivity (Wildman–Crippen MR) is 119 cm³/mol. The molecule has 6 heteroatoms. The third kappa shape index (κ3) is 3.48. The largest absolute Gasteiger partial charge is 0.363 e. The summed E-state index contributed by atoms with van der Waals surface area (Å²) in [7, 11) is 0. The van der Waals surface area contributed by atoms with Crippen molar-refractivity contribution in [3.8, 4) is 0 Å². The molecule has 4 rings (SSSR count). The second-order valence-electron chi connectivity index (χ2n) is 8.13. The van der Waals surface area contributed by atoms with Crippen LogP contribution in [0.4, 0.5) is 5.82 Å². The van der Waals surface area contributed by atoms with E-state index in [4.69, 9.17) is 9.97 Å². The minimum Gasteiger partial charge on any atom is -0.363 e. The van der Waals surface area contributed by atoms with Crippen molar-refractivity contribution < 1.29 is 4.90 Å². The summed E-state index contributed by atoms with van der Waals surface area (Å²) >= 11 is 1.76. The van der Waals surface area contributed by atoms with Crippen LogP contribution in [0.25, 0.3) is 20.4 Å². The van der Waals surface area contributed by atoms with Crippen LogP contribution in [0.3, 0.4) is 0 Å². The van der Waals surface area contributed by atoms with Crippen LogP contribution in [0.2, 0.25) is 0 Å². The molecule has 3 aromatic heterocycles. The lowest BCUT2D eigenvalue weighted by atomic mass is 9.86. The van der Waals surface area contributed by atoms with Gasteiger partial charge < -0.3 is 10.2 Å². The maximum Gasteiger partial charge on any atom is 0.147 e. The highest BCUT2D eigenvalue weighted by Crippen LogP contribution is 2.41. The number of thiophene rings is 1. The van der Waals surface area contributed by atoms with E-state index in [1.54, 1.807) is 22.6 Å². The fourth-order valence-electron chi connectivity index (χ4n) is 4.45. The number of hydrogen-bond donors (Lipinski definition) is 2. The summed E-state index contributed by atoms with van der Waals surface area (Å²) in [5.41, 5.74) is 5.38. The number of anilines is 1. The van der Waals surface area contributed by atoms with Gasteiger partial charge in [0, 0.05) is 11.1 Å². The Hall–Kier alpha value is -1.79. The van der Waals surface area contributed by atoms with Gasteiger partial charge in [0.15, 0.2) is 0 Å². The number of aryl methyl sites for hydroxylation is 1. The molecule has 3 aromatic rings. The molecule has 0 saturated heterocycles. The fraction of sp³-hybridized carbons (Fsp3) is 0.591. The first-order valence-electron chi connectivity index (χ1n) is 10.8. The summed E-state index contributed by atoms with van der Waals surface area (Å²) < 4.78 is 1.16. The first-order valence-corrected chi connectivity index (χ1v) is 11.6. The number of nitrogens with one attached hydrogen (secondary N) is 2. The van der Waals surface area contributed by atoms with Crippen LogP contribution in [-0.4, -0.2) is 41.1 Å². The average Bonchev–Trinajstić information content (AvgIpc) is 3.10. The molecule has 2 N–H and O–H groups in total. The van der Waals surface area contributed by atoms with E-state index in [9.17, 15) is 0 Å². The Labute approximate surface area is 171 Å². The lowest BCUT2D eigenvalue weighted by Crippen LogP contribution is -3.12. The van der Waals surface area contributed by atoms with Crippen LogP contribution in [0.15, 0.2) is 6.33 Å². The molecular formula is C22H32N5S+. The third-order valence-electron chi connectivity index (χ3n) is 6.07. The molecule has 150 valence electrons. The summed E-state index contributed by atoms with van der Waals surface area (Å²) in [6, 6.07) is 0. The van der Waals surface area contributed by atoms with Crippen LogP contribution in [0, 0.1) is 0 Å². The molecule has 1 aliphatic rings. The molecule has 0 fully saturated rings. The van der Waals surface area contributed by atoms with E-state index in [1.807, 2.05) is 0 Å². The molecule has 28 heavy (non-hydrogen) atoms. The Morgan fingerprint density at radius 3 is 2.57 bits per heavy atom. The first kappa shape index (κ1) is 19.5. The van der Waals surface area contributed by atoms with Gasteiger partial charge in [-0.15, -0.1) is 11.3 Å². The molecule has 0 aromatic carbocycles. The maximum atomic E-state index is 5.12. The highest BCUT2D eigenvalue weighted by atomic mass is 32.1. The molecule has 0 saturated carbocycles. The number of quaternary nitrogens is 1. The van der Waals surface area contributed by atoms with Gasteiger partial charge >= 0.3 is 0 Å². The highest BCUT2D eigenvalue weighted by Gasteiger charge is 2.24. The number of nitrogens with zero attached hydrogens (tertiary/aromatic N) is 3. The smallest absolute Gasteiger partial charge is 0.147 e. The summed E-state index contributed by atoms with van der Waals surface area (Å²) in [4.78, 5) is 17.1. The topological polar surface area (TPSA) is 55.1 Å². The Morgan fingerprint density at radius 2 is 1.86 bits per heavy atom. The number of fused-ring (bicyclic) bond motifs is 5. The summed E-state index contributed by atoms with van der Waals surface area (Å²) in [5, 5.41) is 4.87. The molecule has 0 aliphatic heterocycles. The fourth-order valence-corrected chi connectivity index (χ4v) is 5.59. The van der Waals surface area contributed by atoms with Gasteiger partial charge in [-0.05, 0) is 56.6 Å². The maximum absolute atomic E-state index is 5.12. The van der Waals surface area contributed by atoms with Crippen molar-refractivity contribution in [1.29, 1.82) is 0 Å². The van der Waals surface area contributed by atoms with Crippen molar-refractivity contribution in [3.63, 3.8) is 0 Å². The lowest BCUT2D eigenvalue weighted by molar-refractivity contribution is -0.894. The molecular weight excluding hydrogens is 366 g/mol. The standard InChI is InChI=1S/C22H31N5S/c1-5-27(6-2)12-11-23-21-20-19(24-13-25-21)17-15-9-7-8-10-16(15)18(14(3)4)26-22(17)28-20/h13-14H,5-12H2,1-4H3,(H,23,24,25)/p+1. The molecule has 1 aliphatic carbocycles. The van der Waals surface area contributed by atoms with Crippen molar-refractivity contribution >= 4 is 37.6 Å². The van der Waals surface area contributed by atoms with Gasteiger partial charge in [0.1, 0.15) is 17.0 Å². The summed E-state index contributed by atoms with van der Waals surface area (Å²) in [5.74, 6) is 1.43. The van der Waals surface area contributed by atoms with E-state index in [2.05, 4.69) is 38.0 Å². The van der Waals surface area contributed by atoms with Crippen LogP contribution in [0.1, 0.15) is 63.3 Å². The average molecular weight is 399 g/mol. The number of hydrogen-bond acceptors (Lipinski definition) is 5. The monoisotopic (exact) mass is 398 g/mol. The van der Waals surface area contributed by atoms with Crippen molar-refractivity contribution in [2.45, 2.75) is 59.3 Å². The first-order chi connectivity index (χ1) is 13.6. The lowest BCUT2D eigenvalue weighted by Gasteiger charge is -2.21. The van der Waals surface area contributed by atoms with E-state index < -0.39 is 0 Å². The highest BCUT2D eigenvalue weighted by molar-refractivity contribution is 7.26. The van der Waals surface area contributed by atoms with E-state index in [-0.39, 0.29) is 0 Å². The van der Waals surface area contributed by atoms with Gasteiger partial charge in [-0.25, -0.2) is 15.0 Å². The SMILES string of the molecule is CC[NH+](CC)CCNc1ncnc2c1sc1nc(C(C)C)c3c(c12)CCCC3. The van der Waals surface area contributed by atoms with Gasteiger partial charge in [0.05, 0.1) is 36.4 Å². The summed E-state index contributed by atoms with van der Waals surface area (Å²) in [6.45, 7) is 13.4. The molecule has 3 heterocycles. The van der Waals surface area contributed by atoms with Crippen LogP contribution in [-0.2, 0) is 12.8 Å². The van der Waals surface area contributed by atoms with Gasteiger partial charge in [-0.2, -0.15) is 0 Å².